The van der Waals surface area contributed by atoms with Gasteiger partial charge in [-0.3, -0.25) is 4.79 Å². The van der Waals surface area contributed by atoms with Gasteiger partial charge < -0.3 is 44.5 Å². The molecule has 8 heteroatoms. The van der Waals surface area contributed by atoms with Gasteiger partial charge in [0, 0.05) is 10.0 Å². The predicted molar refractivity (Wildman–Crippen MR) is 112 cm³/mol. The molecule has 1 fully saturated rings. The maximum absolute atomic E-state index is 12.4. The molecule has 1 unspecified atom stereocenters. The highest BCUT2D eigenvalue weighted by atomic mass is 79.9. The Bertz CT molecular complexity index is 784. The first-order valence-electron chi connectivity index (χ1n) is 9.83. The normalized spacial score (nSPS) is 19.2. The summed E-state index contributed by atoms with van der Waals surface area (Å²) in [7, 11) is 0. The fraction of sp³-hybridized carbons (Fsp3) is 0.409. The molecule has 2 aromatic carbocycles. The number of ether oxygens (including phenoxy) is 1. The number of rotatable bonds is 8. The molecule has 0 spiro atoms. The van der Waals surface area contributed by atoms with Gasteiger partial charge in [-0.1, -0.05) is 40.2 Å². The molecule has 30 heavy (non-hydrogen) atoms. The molecule has 5 nitrogen and oxygen atoms in total. The van der Waals surface area contributed by atoms with E-state index in [0.29, 0.717) is 19.7 Å². The Kier molecular flexibility index (Phi) is 11.9. The van der Waals surface area contributed by atoms with Crippen molar-refractivity contribution in [2.45, 2.75) is 13.0 Å². The van der Waals surface area contributed by atoms with Gasteiger partial charge in [-0.05, 0) is 36.8 Å². The standard InChI is InChI=1S/C22H27BrN2O3.2ClH/c1-17-3-2-4-21(13-17)28-16-20(26)14-24-9-11-25(12-10-24)15-22(27)18-5-7-19(23)8-6-18;;/h2-8,13,20,26H,9-12,14-16H2,1H3;2*1H. The van der Waals surface area contributed by atoms with Gasteiger partial charge in [0.1, 0.15) is 57.7 Å². The van der Waals surface area contributed by atoms with Crippen molar-refractivity contribution in [2.24, 2.45) is 0 Å². The third-order valence-electron chi connectivity index (χ3n) is 5.20. The van der Waals surface area contributed by atoms with Crippen LogP contribution in [0.1, 0.15) is 15.9 Å². The van der Waals surface area contributed by atoms with Crippen LogP contribution in [-0.4, -0.2) is 62.9 Å². The largest absolute Gasteiger partial charge is 1.00 e. The smallest absolute Gasteiger partial charge is 0.216 e. The number of ketones is 1. The Morgan fingerprint density at radius 3 is 2.33 bits per heavy atom. The first kappa shape index (κ1) is 26.9. The van der Waals surface area contributed by atoms with Crippen LogP contribution in [0.5, 0.6) is 5.75 Å². The lowest BCUT2D eigenvalue weighted by molar-refractivity contribution is -1.01. The summed E-state index contributed by atoms with van der Waals surface area (Å²) in [6.07, 6.45) is -0.485. The summed E-state index contributed by atoms with van der Waals surface area (Å²) in [4.78, 5) is 15.1. The number of hydrogen-bond acceptors (Lipinski definition) is 3. The Hall–Kier alpha value is -1.15. The zero-order valence-electron chi connectivity index (χ0n) is 17.0. The zero-order chi connectivity index (χ0) is 19.9. The lowest BCUT2D eigenvalue weighted by atomic mass is 10.1. The number of aliphatic hydroxyl groups excluding tert-OH is 1. The number of quaternary nitrogens is 2. The van der Waals surface area contributed by atoms with Crippen LogP contribution in [0.15, 0.2) is 53.0 Å². The molecule has 0 aliphatic carbocycles. The van der Waals surface area contributed by atoms with Gasteiger partial charge in [0.2, 0.25) is 5.78 Å². The molecule has 1 saturated heterocycles. The van der Waals surface area contributed by atoms with Gasteiger partial charge in [0.15, 0.2) is 0 Å². The number of aryl methyl sites for hydroxylation is 1. The van der Waals surface area contributed by atoms with Gasteiger partial charge in [-0.15, -0.1) is 0 Å². The molecule has 0 amide bonds. The van der Waals surface area contributed by atoms with Crippen LogP contribution in [0.3, 0.4) is 0 Å². The number of carbonyl (C=O) groups is 1. The minimum absolute atomic E-state index is 0. The number of benzene rings is 2. The number of Topliss-reactive ketones (excluding diaryl/α,β-unsaturated/α-hetero) is 1. The van der Waals surface area contributed by atoms with Crippen LogP contribution in [0.25, 0.3) is 0 Å². The second-order valence-corrected chi connectivity index (χ2v) is 8.51. The van der Waals surface area contributed by atoms with Crippen molar-refractivity contribution >= 4 is 21.7 Å². The number of halogens is 3. The lowest BCUT2D eigenvalue weighted by Gasteiger charge is -2.30. The molecular formula is C22H29BrCl2N2O3. The van der Waals surface area contributed by atoms with Crippen LogP contribution in [0.4, 0.5) is 0 Å². The molecular weight excluding hydrogens is 491 g/mol. The number of nitrogens with one attached hydrogen (secondary N) is 2. The van der Waals surface area contributed by atoms with E-state index in [1.807, 2.05) is 55.5 Å². The predicted octanol–water partition coefficient (Wildman–Crippen LogP) is -5.83. The summed E-state index contributed by atoms with van der Waals surface area (Å²) >= 11 is 3.40. The summed E-state index contributed by atoms with van der Waals surface area (Å²) < 4.78 is 6.69. The number of carbonyl (C=O) groups excluding carboxylic acids is 1. The number of aliphatic hydroxyl groups is 1. The SMILES string of the molecule is Cc1cccc(OCC(O)C[NH+]2CC[NH+](CC(=O)c3ccc(Br)cc3)CC2)c1.[Cl-].[Cl-]. The topological polar surface area (TPSA) is 55.4 Å². The Labute approximate surface area is 199 Å². The second-order valence-electron chi connectivity index (χ2n) is 7.59. The Balaban J connectivity index is 0.00000225. The van der Waals surface area contributed by atoms with Crippen molar-refractivity contribution in [1.82, 2.24) is 0 Å². The van der Waals surface area contributed by atoms with Crippen molar-refractivity contribution < 1.29 is 49.3 Å². The van der Waals surface area contributed by atoms with Crippen molar-refractivity contribution in [1.29, 1.82) is 0 Å². The summed E-state index contributed by atoms with van der Waals surface area (Å²) in [5.74, 6) is 0.993. The third kappa shape index (κ3) is 8.53. The molecule has 1 heterocycles. The molecule has 1 aliphatic heterocycles. The van der Waals surface area contributed by atoms with E-state index in [0.717, 1.165) is 47.5 Å². The maximum atomic E-state index is 12.4. The molecule has 1 atom stereocenters. The molecule has 0 bridgehead atoms. The monoisotopic (exact) mass is 518 g/mol. The first-order valence-corrected chi connectivity index (χ1v) is 10.6. The highest BCUT2D eigenvalue weighted by Gasteiger charge is 2.26. The highest BCUT2D eigenvalue weighted by molar-refractivity contribution is 9.10. The van der Waals surface area contributed by atoms with E-state index in [9.17, 15) is 9.90 Å². The van der Waals surface area contributed by atoms with E-state index >= 15 is 0 Å². The number of hydrogen-bond donors (Lipinski definition) is 3. The average Bonchev–Trinajstić information content (AvgIpc) is 2.68. The maximum Gasteiger partial charge on any atom is 0.216 e. The molecule has 1 aliphatic rings. The zero-order valence-corrected chi connectivity index (χ0v) is 20.1. The Morgan fingerprint density at radius 2 is 1.70 bits per heavy atom. The van der Waals surface area contributed by atoms with Crippen LogP contribution in [0.2, 0.25) is 0 Å². The molecule has 3 rings (SSSR count). The lowest BCUT2D eigenvalue weighted by Crippen LogP contribution is -3.28. The van der Waals surface area contributed by atoms with E-state index in [4.69, 9.17) is 4.74 Å². The van der Waals surface area contributed by atoms with Gasteiger partial charge >= 0.3 is 0 Å². The van der Waals surface area contributed by atoms with Gasteiger partial charge in [-0.2, -0.15) is 0 Å². The van der Waals surface area contributed by atoms with E-state index in [1.165, 1.54) is 9.80 Å². The van der Waals surface area contributed by atoms with Crippen LogP contribution < -0.4 is 39.4 Å². The summed E-state index contributed by atoms with van der Waals surface area (Å²) in [5.41, 5.74) is 1.92. The summed E-state index contributed by atoms with van der Waals surface area (Å²) in [6.45, 7) is 7.37. The molecule has 0 radical (unpaired) electrons. The molecule has 0 aromatic heterocycles. The van der Waals surface area contributed by atoms with Crippen molar-refractivity contribution in [3.8, 4) is 5.75 Å². The fourth-order valence-corrected chi connectivity index (χ4v) is 3.86. The van der Waals surface area contributed by atoms with Crippen molar-refractivity contribution in [3.05, 3.63) is 64.1 Å². The molecule has 2 aromatic rings. The van der Waals surface area contributed by atoms with Crippen molar-refractivity contribution in [3.63, 3.8) is 0 Å². The van der Waals surface area contributed by atoms with E-state index in [2.05, 4.69) is 15.9 Å². The molecule has 166 valence electrons. The first-order chi connectivity index (χ1) is 13.5. The van der Waals surface area contributed by atoms with Crippen LogP contribution in [-0.2, 0) is 0 Å². The van der Waals surface area contributed by atoms with E-state index in [-0.39, 0.29) is 30.6 Å². The van der Waals surface area contributed by atoms with Crippen molar-refractivity contribution in [2.75, 3.05) is 45.9 Å². The van der Waals surface area contributed by atoms with E-state index in [1.54, 1.807) is 0 Å². The quantitative estimate of drug-likeness (QED) is 0.305. The second kappa shape index (κ2) is 13.3. The highest BCUT2D eigenvalue weighted by Crippen LogP contribution is 2.12. The van der Waals surface area contributed by atoms with Gasteiger partial charge in [0.05, 0.1) is 0 Å². The summed E-state index contributed by atoms with van der Waals surface area (Å²) in [5, 5.41) is 10.3. The minimum Gasteiger partial charge on any atom is -1.00 e. The van der Waals surface area contributed by atoms with Gasteiger partial charge in [-0.25, -0.2) is 0 Å². The van der Waals surface area contributed by atoms with E-state index < -0.39 is 6.10 Å². The molecule has 0 saturated carbocycles. The van der Waals surface area contributed by atoms with Crippen LogP contribution in [0, 0.1) is 6.92 Å². The molecule has 3 N–H and O–H groups in total. The number of piperazine rings is 1. The third-order valence-corrected chi connectivity index (χ3v) is 5.73. The van der Waals surface area contributed by atoms with Crippen LogP contribution >= 0.6 is 15.9 Å². The van der Waals surface area contributed by atoms with Gasteiger partial charge in [0.25, 0.3) is 0 Å². The Morgan fingerprint density at radius 1 is 1.07 bits per heavy atom. The average molecular weight is 520 g/mol. The fourth-order valence-electron chi connectivity index (χ4n) is 3.59. The summed E-state index contributed by atoms with van der Waals surface area (Å²) in [6, 6.07) is 15.4. The minimum atomic E-state index is -0.485.